The summed E-state index contributed by atoms with van der Waals surface area (Å²) in [6, 6.07) is 9.40. The highest BCUT2D eigenvalue weighted by atomic mass is 16.5. The third-order valence-corrected chi connectivity index (χ3v) is 1.99. The fourth-order valence-corrected chi connectivity index (χ4v) is 1.36. The molecule has 0 saturated carbocycles. The van der Waals surface area contributed by atoms with Crippen LogP contribution in [0.3, 0.4) is 0 Å². The summed E-state index contributed by atoms with van der Waals surface area (Å²) >= 11 is 0. The van der Waals surface area contributed by atoms with E-state index in [2.05, 4.69) is 4.98 Å². The van der Waals surface area contributed by atoms with Gasteiger partial charge in [-0.1, -0.05) is 6.07 Å². The number of nitrogens with zero attached hydrogens (tertiary/aromatic N) is 1. The van der Waals surface area contributed by atoms with Crippen LogP contribution in [0.15, 0.2) is 36.5 Å². The number of nitrogens with two attached hydrogens (primary N) is 1. The lowest BCUT2D eigenvalue weighted by Gasteiger charge is -2.07. The Hall–Kier alpha value is -2.10. The number of ether oxygens (including phenoxy) is 1. The van der Waals surface area contributed by atoms with Crippen LogP contribution in [0.4, 0.5) is 0 Å². The summed E-state index contributed by atoms with van der Waals surface area (Å²) in [5, 5.41) is 8.02. The van der Waals surface area contributed by atoms with E-state index in [1.165, 1.54) is 0 Å². The molecule has 4 heteroatoms. The van der Waals surface area contributed by atoms with E-state index >= 15 is 0 Å². The summed E-state index contributed by atoms with van der Waals surface area (Å²) in [4.78, 5) is 4.20. The van der Waals surface area contributed by atoms with E-state index in [9.17, 15) is 0 Å². The molecule has 0 bridgehead atoms. The van der Waals surface area contributed by atoms with Crippen molar-refractivity contribution in [1.82, 2.24) is 4.98 Å². The minimum atomic E-state index is 0.0101. The number of hydrogen-bond acceptors (Lipinski definition) is 3. The van der Waals surface area contributed by atoms with Crippen LogP contribution < -0.4 is 10.5 Å². The zero-order chi connectivity index (χ0) is 10.7. The topological polar surface area (TPSA) is 72.0 Å². The number of pyridine rings is 1. The van der Waals surface area contributed by atoms with Crippen molar-refractivity contribution in [2.45, 2.75) is 0 Å². The SMILES string of the molecule is N=C(N)COc1cccc2ncccc12. The molecule has 0 spiro atoms. The summed E-state index contributed by atoms with van der Waals surface area (Å²) in [5.74, 6) is 0.715. The highest BCUT2D eigenvalue weighted by molar-refractivity contribution is 5.85. The maximum atomic E-state index is 7.09. The van der Waals surface area contributed by atoms with Crippen LogP contribution in [0.2, 0.25) is 0 Å². The fraction of sp³-hybridized carbons (Fsp3) is 0.0909. The second-order valence-corrected chi connectivity index (χ2v) is 3.14. The molecule has 0 aliphatic rings. The number of aromatic nitrogens is 1. The first-order valence-electron chi connectivity index (χ1n) is 4.57. The van der Waals surface area contributed by atoms with Gasteiger partial charge in [-0.3, -0.25) is 10.4 Å². The molecule has 0 aliphatic carbocycles. The zero-order valence-corrected chi connectivity index (χ0v) is 8.10. The molecule has 1 heterocycles. The summed E-state index contributed by atoms with van der Waals surface area (Å²) in [5.41, 5.74) is 6.10. The van der Waals surface area contributed by atoms with Gasteiger partial charge in [0, 0.05) is 11.6 Å². The van der Waals surface area contributed by atoms with Crippen LogP contribution in [0, 0.1) is 5.41 Å². The van der Waals surface area contributed by atoms with Gasteiger partial charge in [-0.25, -0.2) is 0 Å². The minimum Gasteiger partial charge on any atom is -0.485 e. The van der Waals surface area contributed by atoms with E-state index in [1.54, 1.807) is 6.20 Å². The van der Waals surface area contributed by atoms with Crippen LogP contribution in [0.1, 0.15) is 0 Å². The number of benzene rings is 1. The molecule has 15 heavy (non-hydrogen) atoms. The largest absolute Gasteiger partial charge is 0.485 e. The maximum Gasteiger partial charge on any atom is 0.145 e. The predicted octanol–water partition coefficient (Wildman–Crippen LogP) is 1.55. The summed E-state index contributed by atoms with van der Waals surface area (Å²) < 4.78 is 5.39. The Morgan fingerprint density at radius 1 is 1.33 bits per heavy atom. The lowest BCUT2D eigenvalue weighted by Crippen LogP contribution is -2.19. The van der Waals surface area contributed by atoms with Gasteiger partial charge in [0.15, 0.2) is 0 Å². The van der Waals surface area contributed by atoms with Gasteiger partial charge in [0.2, 0.25) is 0 Å². The van der Waals surface area contributed by atoms with Crippen molar-refractivity contribution in [2.75, 3.05) is 6.61 Å². The third-order valence-electron chi connectivity index (χ3n) is 1.99. The molecule has 0 fully saturated rings. The molecule has 76 valence electrons. The Bertz CT molecular complexity index is 491. The van der Waals surface area contributed by atoms with E-state index in [4.69, 9.17) is 15.9 Å². The van der Waals surface area contributed by atoms with Gasteiger partial charge < -0.3 is 10.5 Å². The molecule has 4 nitrogen and oxygen atoms in total. The number of rotatable bonds is 3. The molecule has 1 aromatic heterocycles. The lowest BCUT2D eigenvalue weighted by atomic mass is 10.2. The average Bonchev–Trinajstić information content (AvgIpc) is 2.26. The van der Waals surface area contributed by atoms with Crippen molar-refractivity contribution in [3.63, 3.8) is 0 Å². The van der Waals surface area contributed by atoms with Crippen LogP contribution >= 0.6 is 0 Å². The van der Waals surface area contributed by atoms with Crippen molar-refractivity contribution in [3.05, 3.63) is 36.5 Å². The van der Waals surface area contributed by atoms with Gasteiger partial charge in [-0.2, -0.15) is 0 Å². The monoisotopic (exact) mass is 201 g/mol. The second-order valence-electron chi connectivity index (χ2n) is 3.14. The summed E-state index contributed by atoms with van der Waals surface area (Å²) in [6.07, 6.45) is 1.73. The third kappa shape index (κ3) is 2.04. The Morgan fingerprint density at radius 2 is 2.20 bits per heavy atom. The molecular formula is C11H11N3O. The Kier molecular flexibility index (Phi) is 2.49. The number of fused-ring (bicyclic) bond motifs is 1. The molecule has 0 unspecified atom stereocenters. The Morgan fingerprint density at radius 3 is 3.00 bits per heavy atom. The molecule has 0 saturated heterocycles. The molecule has 2 rings (SSSR count). The predicted molar refractivity (Wildman–Crippen MR) is 59.2 cm³/mol. The molecular weight excluding hydrogens is 190 g/mol. The van der Waals surface area contributed by atoms with E-state index in [1.807, 2.05) is 30.3 Å². The maximum absolute atomic E-state index is 7.09. The Balaban J connectivity index is 2.38. The minimum absolute atomic E-state index is 0.0101. The summed E-state index contributed by atoms with van der Waals surface area (Å²) in [7, 11) is 0. The first-order chi connectivity index (χ1) is 7.27. The van der Waals surface area contributed by atoms with Gasteiger partial charge in [0.05, 0.1) is 5.52 Å². The van der Waals surface area contributed by atoms with Gasteiger partial charge in [-0.15, -0.1) is 0 Å². The van der Waals surface area contributed by atoms with E-state index < -0.39 is 0 Å². The van der Waals surface area contributed by atoms with Crippen LogP contribution in [-0.2, 0) is 0 Å². The van der Waals surface area contributed by atoms with Gasteiger partial charge >= 0.3 is 0 Å². The van der Waals surface area contributed by atoms with Crippen LogP contribution in [0.25, 0.3) is 10.9 Å². The molecule has 0 radical (unpaired) electrons. The normalized spacial score (nSPS) is 10.1. The van der Waals surface area contributed by atoms with Crippen molar-refractivity contribution >= 4 is 16.7 Å². The van der Waals surface area contributed by atoms with E-state index in [-0.39, 0.29) is 12.4 Å². The molecule has 0 amide bonds. The van der Waals surface area contributed by atoms with Crippen molar-refractivity contribution in [1.29, 1.82) is 5.41 Å². The Labute approximate surface area is 87.2 Å². The number of hydrogen-bond donors (Lipinski definition) is 2. The summed E-state index contributed by atoms with van der Waals surface area (Å²) in [6.45, 7) is 0.105. The molecule has 3 N–H and O–H groups in total. The molecule has 0 aliphatic heterocycles. The highest BCUT2D eigenvalue weighted by Gasteiger charge is 2.01. The molecule has 1 aromatic carbocycles. The lowest BCUT2D eigenvalue weighted by molar-refractivity contribution is 0.379. The van der Waals surface area contributed by atoms with Crippen molar-refractivity contribution in [2.24, 2.45) is 5.73 Å². The molecule has 0 atom stereocenters. The second kappa shape index (κ2) is 3.96. The first kappa shape index (κ1) is 9.45. The smallest absolute Gasteiger partial charge is 0.145 e. The van der Waals surface area contributed by atoms with Gasteiger partial charge in [0.1, 0.15) is 18.2 Å². The van der Waals surface area contributed by atoms with Crippen LogP contribution in [-0.4, -0.2) is 17.4 Å². The quantitative estimate of drug-likeness (QED) is 0.584. The van der Waals surface area contributed by atoms with E-state index in [0.717, 1.165) is 10.9 Å². The molecule has 2 aromatic rings. The fourth-order valence-electron chi connectivity index (χ4n) is 1.36. The van der Waals surface area contributed by atoms with Crippen molar-refractivity contribution < 1.29 is 4.74 Å². The first-order valence-corrected chi connectivity index (χ1v) is 4.57. The number of amidine groups is 1. The zero-order valence-electron chi connectivity index (χ0n) is 8.10. The number of nitrogens with one attached hydrogen (secondary N) is 1. The highest BCUT2D eigenvalue weighted by Crippen LogP contribution is 2.23. The van der Waals surface area contributed by atoms with Gasteiger partial charge in [0.25, 0.3) is 0 Å². The van der Waals surface area contributed by atoms with Gasteiger partial charge in [-0.05, 0) is 24.3 Å². The van der Waals surface area contributed by atoms with E-state index in [0.29, 0.717) is 5.75 Å². The van der Waals surface area contributed by atoms with Crippen LogP contribution in [0.5, 0.6) is 5.75 Å². The standard InChI is InChI=1S/C11H11N3O/c12-11(13)7-15-10-5-1-4-9-8(10)3-2-6-14-9/h1-6H,7H2,(H3,12,13). The average molecular weight is 201 g/mol. The van der Waals surface area contributed by atoms with Crippen molar-refractivity contribution in [3.8, 4) is 5.75 Å².